The summed E-state index contributed by atoms with van der Waals surface area (Å²) in [5.74, 6) is 1.51. The van der Waals surface area contributed by atoms with Crippen LogP contribution in [0.15, 0.2) is 84.9 Å². The Bertz CT molecular complexity index is 1560. The van der Waals surface area contributed by atoms with Gasteiger partial charge >= 0.3 is 11.9 Å². The van der Waals surface area contributed by atoms with Crippen molar-refractivity contribution in [1.29, 1.82) is 0 Å². The minimum absolute atomic E-state index is 0.232. The molecule has 2 saturated carbocycles. The number of nitrogens with two attached hydrogens (primary N) is 3. The number of anilines is 2. The smallest absolute Gasteiger partial charge is 0.344 e. The molecule has 4 aromatic carbocycles. The normalized spacial score (nSPS) is 21.3. The molecular formula is C39H43N3O4. The van der Waals surface area contributed by atoms with E-state index in [0.29, 0.717) is 45.8 Å². The van der Waals surface area contributed by atoms with E-state index in [1.807, 2.05) is 36.4 Å². The van der Waals surface area contributed by atoms with E-state index >= 15 is 0 Å². The molecule has 4 aromatic rings. The van der Waals surface area contributed by atoms with Crippen LogP contribution < -0.4 is 26.7 Å². The van der Waals surface area contributed by atoms with Gasteiger partial charge in [-0.3, -0.25) is 0 Å². The monoisotopic (exact) mass is 617 g/mol. The van der Waals surface area contributed by atoms with Gasteiger partial charge < -0.3 is 26.7 Å². The Balaban J connectivity index is 1.21. The van der Waals surface area contributed by atoms with Crippen LogP contribution in [-0.2, 0) is 0 Å². The van der Waals surface area contributed by atoms with Gasteiger partial charge in [0.1, 0.15) is 11.5 Å². The molecule has 2 aliphatic carbocycles. The highest BCUT2D eigenvalue weighted by Crippen LogP contribution is 2.37. The van der Waals surface area contributed by atoms with Crippen molar-refractivity contribution >= 4 is 23.3 Å². The number of nitrogen functional groups attached to an aromatic ring is 2. The fourth-order valence-electron chi connectivity index (χ4n) is 6.92. The second-order valence-corrected chi connectivity index (χ2v) is 13.1. The van der Waals surface area contributed by atoms with Crippen LogP contribution >= 0.6 is 0 Å². The molecule has 0 heterocycles. The fraction of sp³-hybridized carbons (Fsp3) is 0.333. The molecule has 7 heteroatoms. The molecule has 6 rings (SSSR count). The minimum Gasteiger partial charge on any atom is -0.423 e. The molecule has 2 fully saturated rings. The van der Waals surface area contributed by atoms with Crippen LogP contribution in [0.3, 0.4) is 0 Å². The molecule has 7 nitrogen and oxygen atoms in total. The Morgan fingerprint density at radius 3 is 1.37 bits per heavy atom. The van der Waals surface area contributed by atoms with E-state index in [1.165, 1.54) is 36.8 Å². The van der Waals surface area contributed by atoms with Crippen LogP contribution in [-0.4, -0.2) is 18.0 Å². The largest absolute Gasteiger partial charge is 0.423 e. The predicted molar refractivity (Wildman–Crippen MR) is 183 cm³/mol. The Morgan fingerprint density at radius 2 is 0.957 bits per heavy atom. The van der Waals surface area contributed by atoms with Crippen LogP contribution in [0.2, 0.25) is 0 Å². The second-order valence-electron chi connectivity index (χ2n) is 13.1. The summed E-state index contributed by atoms with van der Waals surface area (Å²) < 4.78 is 11.6. The van der Waals surface area contributed by atoms with Crippen molar-refractivity contribution in [3.63, 3.8) is 0 Å². The van der Waals surface area contributed by atoms with Gasteiger partial charge in [0.2, 0.25) is 0 Å². The maximum Gasteiger partial charge on any atom is 0.344 e. The fourth-order valence-corrected chi connectivity index (χ4v) is 6.92. The summed E-state index contributed by atoms with van der Waals surface area (Å²) >= 11 is 0. The Morgan fingerprint density at radius 1 is 0.565 bits per heavy atom. The summed E-state index contributed by atoms with van der Waals surface area (Å²) in [4.78, 5) is 27.1. The lowest BCUT2D eigenvalue weighted by molar-refractivity contribution is 0.0723. The molecule has 0 radical (unpaired) electrons. The highest BCUT2D eigenvalue weighted by atomic mass is 16.5. The van der Waals surface area contributed by atoms with E-state index in [0.717, 1.165) is 31.6 Å². The number of benzene rings is 4. The summed E-state index contributed by atoms with van der Waals surface area (Å²) in [6, 6.07) is 25.7. The highest BCUT2D eigenvalue weighted by Gasteiger charge is 2.24. The van der Waals surface area contributed by atoms with Crippen molar-refractivity contribution in [2.45, 2.75) is 76.2 Å². The van der Waals surface area contributed by atoms with Gasteiger partial charge in [-0.15, -0.1) is 0 Å². The number of carbonyl (C=O) groups is 2. The molecule has 0 atom stereocenters. The number of hydrogen-bond acceptors (Lipinski definition) is 7. The number of ether oxygens (including phenoxy) is 2. The molecule has 0 amide bonds. The second kappa shape index (κ2) is 13.8. The van der Waals surface area contributed by atoms with E-state index in [2.05, 4.69) is 19.1 Å². The SMILES string of the molecule is CC1CCC(c2ccc(OC(=O)c3cc(N)ccc3-c3ccc(N)cc3C(=O)Oc3ccc(C4CCC(N)CC4)cc3)cc2)CC1. The van der Waals surface area contributed by atoms with Crippen molar-refractivity contribution in [1.82, 2.24) is 0 Å². The van der Waals surface area contributed by atoms with Gasteiger partial charge in [0.25, 0.3) is 0 Å². The van der Waals surface area contributed by atoms with Crippen LogP contribution in [0.25, 0.3) is 11.1 Å². The lowest BCUT2D eigenvalue weighted by atomic mass is 9.79. The van der Waals surface area contributed by atoms with Crippen molar-refractivity contribution in [2.75, 3.05) is 11.5 Å². The lowest BCUT2D eigenvalue weighted by Gasteiger charge is -2.26. The molecule has 0 unspecified atom stereocenters. The molecule has 2 aliphatic rings. The Hall–Kier alpha value is -4.62. The Kier molecular flexibility index (Phi) is 9.41. The van der Waals surface area contributed by atoms with Crippen LogP contribution in [0.5, 0.6) is 11.5 Å². The highest BCUT2D eigenvalue weighted by molar-refractivity contribution is 6.05. The van der Waals surface area contributed by atoms with Gasteiger partial charge in [-0.05, 0) is 127 Å². The average molecular weight is 618 g/mol. The standard InChI is InChI=1S/C39H43N3O4/c1-24-2-4-25(5-3-24)27-8-16-32(17-9-27)45-38(43)36-22-30(41)14-20-34(36)35-21-15-31(42)23-37(35)39(44)46-33-18-10-28(11-19-33)26-6-12-29(40)13-7-26/h8-11,14-26,29H,2-7,12-13,40-42H2,1H3. The average Bonchev–Trinajstić information content (AvgIpc) is 3.06. The van der Waals surface area contributed by atoms with Crippen LogP contribution in [0.1, 0.15) is 102 Å². The quantitative estimate of drug-likeness (QED) is 0.108. The van der Waals surface area contributed by atoms with Gasteiger partial charge in [0.05, 0.1) is 11.1 Å². The van der Waals surface area contributed by atoms with Crippen molar-refractivity contribution in [3.05, 3.63) is 107 Å². The first-order valence-electron chi connectivity index (χ1n) is 16.4. The third-order valence-electron chi connectivity index (χ3n) is 9.73. The zero-order valence-corrected chi connectivity index (χ0v) is 26.4. The number of carbonyl (C=O) groups excluding carboxylic acids is 2. The van der Waals surface area contributed by atoms with Crippen LogP contribution in [0, 0.1) is 5.92 Å². The summed E-state index contributed by atoms with van der Waals surface area (Å²) in [6.45, 7) is 2.31. The molecule has 0 aromatic heterocycles. The molecule has 0 aliphatic heterocycles. The van der Waals surface area contributed by atoms with Crippen LogP contribution in [0.4, 0.5) is 11.4 Å². The summed E-state index contributed by atoms with van der Waals surface area (Å²) in [6.07, 6.45) is 9.00. The van der Waals surface area contributed by atoms with Gasteiger partial charge in [0, 0.05) is 17.4 Å². The van der Waals surface area contributed by atoms with Gasteiger partial charge in [-0.2, -0.15) is 0 Å². The molecule has 46 heavy (non-hydrogen) atoms. The maximum absolute atomic E-state index is 13.6. The number of esters is 2. The number of rotatable bonds is 7. The number of hydrogen-bond donors (Lipinski definition) is 3. The summed E-state index contributed by atoms with van der Waals surface area (Å²) in [7, 11) is 0. The van der Waals surface area contributed by atoms with Crippen molar-refractivity contribution in [3.8, 4) is 22.6 Å². The lowest BCUT2D eigenvalue weighted by Crippen LogP contribution is -2.25. The minimum atomic E-state index is -0.581. The van der Waals surface area contributed by atoms with Gasteiger partial charge in [-0.1, -0.05) is 56.2 Å². The molecule has 6 N–H and O–H groups in total. The zero-order chi connectivity index (χ0) is 32.2. The van der Waals surface area contributed by atoms with E-state index in [4.69, 9.17) is 26.7 Å². The first kappa shape index (κ1) is 31.4. The van der Waals surface area contributed by atoms with Gasteiger partial charge in [0.15, 0.2) is 0 Å². The summed E-state index contributed by atoms with van der Waals surface area (Å²) in [5.41, 5.74) is 23.1. The maximum atomic E-state index is 13.6. The van der Waals surface area contributed by atoms with Crippen molar-refractivity contribution < 1.29 is 19.1 Å². The van der Waals surface area contributed by atoms with E-state index < -0.39 is 11.9 Å². The first-order valence-corrected chi connectivity index (χ1v) is 16.4. The van der Waals surface area contributed by atoms with Crippen molar-refractivity contribution in [2.24, 2.45) is 11.7 Å². The van der Waals surface area contributed by atoms with E-state index in [1.54, 1.807) is 36.4 Å². The topological polar surface area (TPSA) is 131 Å². The van der Waals surface area contributed by atoms with E-state index in [9.17, 15) is 9.59 Å². The molecule has 238 valence electrons. The zero-order valence-electron chi connectivity index (χ0n) is 26.4. The molecule has 0 bridgehead atoms. The summed E-state index contributed by atoms with van der Waals surface area (Å²) in [5, 5.41) is 0. The third kappa shape index (κ3) is 7.26. The molecular weight excluding hydrogens is 574 g/mol. The Labute approximate surface area is 271 Å². The first-order chi connectivity index (χ1) is 22.2. The molecule has 0 spiro atoms. The molecule has 0 saturated heterocycles. The van der Waals surface area contributed by atoms with E-state index in [-0.39, 0.29) is 17.2 Å². The predicted octanol–water partition coefficient (Wildman–Crippen LogP) is 8.24. The van der Waals surface area contributed by atoms with Gasteiger partial charge in [-0.25, -0.2) is 9.59 Å². The third-order valence-corrected chi connectivity index (χ3v) is 9.73.